The number of thioether (sulfide) groups is 1. The summed E-state index contributed by atoms with van der Waals surface area (Å²) in [5, 5.41) is 2.67. The van der Waals surface area contributed by atoms with Crippen molar-refractivity contribution in [1.82, 2.24) is 9.97 Å². The van der Waals surface area contributed by atoms with Gasteiger partial charge in [0.05, 0.1) is 16.8 Å². The van der Waals surface area contributed by atoms with Gasteiger partial charge in [-0.1, -0.05) is 24.3 Å². The third-order valence-corrected chi connectivity index (χ3v) is 3.89. The third kappa shape index (κ3) is 3.22. The molecule has 0 aliphatic heterocycles. The number of H-pyrrole nitrogens is 1. The van der Waals surface area contributed by atoms with E-state index in [4.69, 9.17) is 0 Å². The van der Waals surface area contributed by atoms with E-state index in [-0.39, 0.29) is 17.5 Å². The molecule has 0 atom stereocenters. The van der Waals surface area contributed by atoms with Gasteiger partial charge in [-0.05, 0) is 24.3 Å². The zero-order valence-corrected chi connectivity index (χ0v) is 11.8. The topological polar surface area (TPSA) is 57.8 Å². The number of nitrogens with zero attached hydrogens (tertiary/aromatic N) is 1. The fourth-order valence-corrected chi connectivity index (χ4v) is 2.62. The highest BCUT2D eigenvalue weighted by molar-refractivity contribution is 8.00. The summed E-state index contributed by atoms with van der Waals surface area (Å²) in [5.74, 6) is -0.0329. The van der Waals surface area contributed by atoms with E-state index < -0.39 is 0 Å². The largest absolute Gasteiger partial charge is 0.324 e. The molecule has 1 amide bonds. The van der Waals surface area contributed by atoms with Crippen LogP contribution in [0.15, 0.2) is 53.4 Å². The van der Waals surface area contributed by atoms with E-state index in [1.807, 2.05) is 24.3 Å². The molecule has 4 nitrogen and oxygen atoms in total. The smallest absolute Gasteiger partial charge is 0.237 e. The predicted molar refractivity (Wildman–Crippen MR) is 81.8 cm³/mol. The average Bonchev–Trinajstić information content (AvgIpc) is 2.88. The van der Waals surface area contributed by atoms with Gasteiger partial charge in [-0.3, -0.25) is 10.1 Å². The number of carbonyl (C=O) groups is 1. The van der Waals surface area contributed by atoms with Crippen LogP contribution in [0.1, 0.15) is 0 Å². The number of hydrogen-bond donors (Lipinski definition) is 2. The number of para-hydroxylation sites is 2. The molecule has 0 unspecified atom stereocenters. The fourth-order valence-electron chi connectivity index (χ4n) is 1.89. The Morgan fingerprint density at radius 2 is 1.95 bits per heavy atom. The van der Waals surface area contributed by atoms with E-state index in [9.17, 15) is 9.18 Å². The van der Waals surface area contributed by atoms with Gasteiger partial charge < -0.3 is 4.98 Å². The summed E-state index contributed by atoms with van der Waals surface area (Å²) in [6, 6.07) is 13.9. The Balaban J connectivity index is 1.62. The van der Waals surface area contributed by atoms with Gasteiger partial charge in [-0.2, -0.15) is 0 Å². The molecule has 1 aromatic heterocycles. The molecule has 0 aliphatic rings. The number of hydrogen-bond acceptors (Lipinski definition) is 3. The molecule has 2 aromatic carbocycles. The molecule has 0 bridgehead atoms. The molecule has 0 saturated carbocycles. The molecule has 0 saturated heterocycles. The molecule has 3 rings (SSSR count). The Labute approximate surface area is 124 Å². The molecule has 21 heavy (non-hydrogen) atoms. The molecular weight excluding hydrogens is 289 g/mol. The van der Waals surface area contributed by atoms with Crippen molar-refractivity contribution in [2.24, 2.45) is 0 Å². The van der Waals surface area contributed by atoms with Crippen LogP contribution >= 0.6 is 11.8 Å². The maximum Gasteiger partial charge on any atom is 0.237 e. The van der Waals surface area contributed by atoms with E-state index >= 15 is 0 Å². The van der Waals surface area contributed by atoms with Crippen molar-refractivity contribution < 1.29 is 9.18 Å². The van der Waals surface area contributed by atoms with Crippen molar-refractivity contribution in [1.29, 1.82) is 0 Å². The summed E-state index contributed by atoms with van der Waals surface area (Å²) in [6.07, 6.45) is 0. The van der Waals surface area contributed by atoms with Crippen LogP contribution in [0.4, 0.5) is 10.3 Å². The number of fused-ring (bicyclic) bond motifs is 1. The molecule has 3 aromatic rings. The van der Waals surface area contributed by atoms with E-state index in [0.717, 1.165) is 22.8 Å². The predicted octanol–water partition coefficient (Wildman–Crippen LogP) is 3.43. The van der Waals surface area contributed by atoms with Gasteiger partial charge in [0.1, 0.15) is 5.82 Å². The van der Waals surface area contributed by atoms with Crippen molar-refractivity contribution in [2.45, 2.75) is 4.90 Å². The number of amides is 1. The first kappa shape index (κ1) is 13.6. The zero-order chi connectivity index (χ0) is 14.7. The van der Waals surface area contributed by atoms with Crippen molar-refractivity contribution in [3.63, 3.8) is 0 Å². The minimum Gasteiger partial charge on any atom is -0.324 e. The molecule has 1 heterocycles. The normalized spacial score (nSPS) is 10.7. The monoisotopic (exact) mass is 301 g/mol. The molecule has 2 N–H and O–H groups in total. The van der Waals surface area contributed by atoms with E-state index in [2.05, 4.69) is 15.3 Å². The lowest BCUT2D eigenvalue weighted by molar-refractivity contribution is -0.113. The van der Waals surface area contributed by atoms with Gasteiger partial charge in [0.25, 0.3) is 0 Å². The van der Waals surface area contributed by atoms with E-state index in [1.165, 1.54) is 6.07 Å². The number of rotatable bonds is 4. The number of anilines is 1. The van der Waals surface area contributed by atoms with Gasteiger partial charge in [0.2, 0.25) is 11.9 Å². The highest BCUT2D eigenvalue weighted by Crippen LogP contribution is 2.21. The highest BCUT2D eigenvalue weighted by Gasteiger charge is 2.09. The molecule has 0 aliphatic carbocycles. The first-order valence-corrected chi connectivity index (χ1v) is 7.33. The second-order valence-electron chi connectivity index (χ2n) is 4.37. The number of benzene rings is 2. The third-order valence-electron chi connectivity index (χ3n) is 2.84. The van der Waals surface area contributed by atoms with Gasteiger partial charge in [0, 0.05) is 4.90 Å². The van der Waals surface area contributed by atoms with Gasteiger partial charge in [-0.25, -0.2) is 9.37 Å². The Morgan fingerprint density at radius 3 is 2.76 bits per heavy atom. The molecule has 0 spiro atoms. The first-order chi connectivity index (χ1) is 10.2. The van der Waals surface area contributed by atoms with Crippen LogP contribution in [0.2, 0.25) is 0 Å². The van der Waals surface area contributed by atoms with Crippen molar-refractivity contribution in [3.8, 4) is 0 Å². The van der Waals surface area contributed by atoms with Crippen LogP contribution in [0.25, 0.3) is 11.0 Å². The molecular formula is C15H12FN3OS. The number of halogens is 1. The van der Waals surface area contributed by atoms with Gasteiger partial charge in [0.15, 0.2) is 0 Å². The summed E-state index contributed by atoms with van der Waals surface area (Å²) in [6.45, 7) is 0. The van der Waals surface area contributed by atoms with Crippen molar-refractivity contribution in [2.75, 3.05) is 11.1 Å². The highest BCUT2D eigenvalue weighted by atomic mass is 32.2. The van der Waals surface area contributed by atoms with Crippen molar-refractivity contribution >= 4 is 34.7 Å². The average molecular weight is 301 g/mol. The standard InChI is InChI=1S/C15H12FN3OS/c16-10-5-1-4-8-13(10)21-9-14(20)19-15-17-11-6-2-3-7-12(11)18-15/h1-8H,9H2,(H2,17,18,19,20). The second kappa shape index (κ2) is 5.97. The molecule has 106 valence electrons. The number of nitrogens with one attached hydrogen (secondary N) is 2. The number of imidazole rings is 1. The van der Waals surface area contributed by atoms with E-state index in [0.29, 0.717) is 10.8 Å². The lowest BCUT2D eigenvalue weighted by Gasteiger charge is -2.03. The second-order valence-corrected chi connectivity index (χ2v) is 5.39. The maximum atomic E-state index is 13.4. The van der Waals surface area contributed by atoms with Gasteiger partial charge in [-0.15, -0.1) is 11.8 Å². The number of aromatic amines is 1. The lowest BCUT2D eigenvalue weighted by atomic mass is 10.3. The Hall–Kier alpha value is -2.34. The minimum atomic E-state index is -0.320. The molecule has 0 radical (unpaired) electrons. The maximum absolute atomic E-state index is 13.4. The summed E-state index contributed by atoms with van der Waals surface area (Å²) in [5.41, 5.74) is 1.64. The number of carbonyl (C=O) groups excluding carboxylic acids is 1. The summed E-state index contributed by atoms with van der Waals surface area (Å²) < 4.78 is 13.4. The van der Waals surface area contributed by atoms with Crippen LogP contribution in [0.5, 0.6) is 0 Å². The zero-order valence-electron chi connectivity index (χ0n) is 11.0. The van der Waals surface area contributed by atoms with Crippen LogP contribution in [-0.4, -0.2) is 21.6 Å². The van der Waals surface area contributed by atoms with Crippen LogP contribution in [-0.2, 0) is 4.79 Å². The Bertz CT molecular complexity index is 754. The summed E-state index contributed by atoms with van der Waals surface area (Å²) in [7, 11) is 0. The Kier molecular flexibility index (Phi) is 3.87. The van der Waals surface area contributed by atoms with Crippen LogP contribution < -0.4 is 5.32 Å². The van der Waals surface area contributed by atoms with E-state index in [1.54, 1.807) is 18.2 Å². The summed E-state index contributed by atoms with van der Waals surface area (Å²) >= 11 is 1.15. The minimum absolute atomic E-state index is 0.123. The quantitative estimate of drug-likeness (QED) is 0.726. The van der Waals surface area contributed by atoms with Crippen LogP contribution in [0, 0.1) is 5.82 Å². The SMILES string of the molecule is O=C(CSc1ccccc1F)Nc1nc2ccccc2[nH]1. The molecule has 0 fully saturated rings. The lowest BCUT2D eigenvalue weighted by Crippen LogP contribution is -2.15. The fraction of sp³-hybridized carbons (Fsp3) is 0.0667. The summed E-state index contributed by atoms with van der Waals surface area (Å²) in [4.78, 5) is 19.6. The molecule has 6 heteroatoms. The van der Waals surface area contributed by atoms with Crippen molar-refractivity contribution in [3.05, 3.63) is 54.3 Å². The first-order valence-electron chi connectivity index (χ1n) is 6.34. The van der Waals surface area contributed by atoms with Crippen LogP contribution in [0.3, 0.4) is 0 Å². The number of aromatic nitrogens is 2. The van der Waals surface area contributed by atoms with Gasteiger partial charge >= 0.3 is 0 Å². The Morgan fingerprint density at radius 1 is 1.19 bits per heavy atom.